The van der Waals surface area contributed by atoms with Crippen LogP contribution < -0.4 is 4.74 Å². The summed E-state index contributed by atoms with van der Waals surface area (Å²) in [4.78, 5) is 25.2. The predicted octanol–water partition coefficient (Wildman–Crippen LogP) is 2.08. The number of morpholine rings is 1. The molecule has 0 bridgehead atoms. The summed E-state index contributed by atoms with van der Waals surface area (Å²) in [6.07, 6.45) is -0.496. The van der Waals surface area contributed by atoms with E-state index >= 15 is 0 Å². The zero-order valence-electron chi connectivity index (χ0n) is 12.4. The van der Waals surface area contributed by atoms with Gasteiger partial charge in [-0.1, -0.05) is 6.07 Å². The first kappa shape index (κ1) is 15.3. The summed E-state index contributed by atoms with van der Waals surface area (Å²) in [5.41, 5.74) is 0.339. The zero-order chi connectivity index (χ0) is 15.4. The molecule has 1 heterocycles. The van der Waals surface area contributed by atoms with Crippen LogP contribution in [-0.4, -0.2) is 49.4 Å². The second-order valence-corrected chi connectivity index (χ2v) is 5.05. The van der Waals surface area contributed by atoms with Crippen LogP contribution in [0.5, 0.6) is 5.75 Å². The van der Waals surface area contributed by atoms with Crippen LogP contribution in [0.4, 0.5) is 4.79 Å². The molecule has 114 valence electrons. The molecule has 1 aliphatic rings. The fourth-order valence-corrected chi connectivity index (χ4v) is 2.30. The van der Waals surface area contributed by atoms with E-state index in [4.69, 9.17) is 9.47 Å². The Labute approximate surface area is 123 Å². The maximum Gasteiger partial charge on any atom is 0.415 e. The van der Waals surface area contributed by atoms with Gasteiger partial charge >= 0.3 is 12.1 Å². The Morgan fingerprint density at radius 2 is 1.90 bits per heavy atom. The molecule has 0 spiro atoms. The smallest absolute Gasteiger partial charge is 0.415 e. The minimum atomic E-state index is -0.471. The third kappa shape index (κ3) is 3.95. The van der Waals surface area contributed by atoms with Gasteiger partial charge in [-0.3, -0.25) is 0 Å². The lowest BCUT2D eigenvalue weighted by molar-refractivity contribution is -0.0592. The van der Waals surface area contributed by atoms with Gasteiger partial charge in [-0.05, 0) is 32.0 Å². The first-order valence-corrected chi connectivity index (χ1v) is 6.80. The quantitative estimate of drug-likeness (QED) is 0.781. The van der Waals surface area contributed by atoms with Crippen LogP contribution in [0, 0.1) is 0 Å². The molecule has 0 N–H and O–H groups in total. The Kier molecular flexibility index (Phi) is 4.80. The molecular weight excluding hydrogens is 274 g/mol. The molecule has 1 aromatic carbocycles. The molecule has 6 nitrogen and oxygen atoms in total. The molecule has 1 amide bonds. The number of methoxy groups -OCH3 is 1. The Bertz CT molecular complexity index is 521. The first-order valence-electron chi connectivity index (χ1n) is 6.80. The Balaban J connectivity index is 2.04. The monoisotopic (exact) mass is 293 g/mol. The maximum absolute atomic E-state index is 12.1. The number of rotatable bonds is 2. The standard InChI is InChI=1S/C15H19NO5/c1-10-8-16(9-11(2)20-10)15(18)21-13-6-4-5-12(7-13)14(17)19-3/h4-7,10-11H,8-9H2,1-3H3. The van der Waals surface area contributed by atoms with E-state index in [-0.39, 0.29) is 12.2 Å². The largest absolute Gasteiger partial charge is 0.465 e. The molecule has 1 saturated heterocycles. The van der Waals surface area contributed by atoms with Gasteiger partial charge in [-0.2, -0.15) is 0 Å². The van der Waals surface area contributed by atoms with Gasteiger partial charge in [0.2, 0.25) is 0 Å². The zero-order valence-corrected chi connectivity index (χ0v) is 12.4. The van der Waals surface area contributed by atoms with Gasteiger partial charge < -0.3 is 19.1 Å². The van der Waals surface area contributed by atoms with Crippen molar-refractivity contribution in [3.63, 3.8) is 0 Å². The molecule has 6 heteroatoms. The summed E-state index contributed by atoms with van der Waals surface area (Å²) in [5, 5.41) is 0. The van der Waals surface area contributed by atoms with Crippen LogP contribution in [0.15, 0.2) is 24.3 Å². The topological polar surface area (TPSA) is 65.1 Å². The van der Waals surface area contributed by atoms with Gasteiger partial charge in [0.25, 0.3) is 0 Å². The van der Waals surface area contributed by atoms with Crippen LogP contribution in [-0.2, 0) is 9.47 Å². The van der Waals surface area contributed by atoms with Crippen LogP contribution in [0.1, 0.15) is 24.2 Å². The van der Waals surface area contributed by atoms with Crippen molar-refractivity contribution in [1.29, 1.82) is 0 Å². The average Bonchev–Trinajstić information content (AvgIpc) is 2.45. The number of nitrogens with zero attached hydrogens (tertiary/aromatic N) is 1. The third-order valence-electron chi connectivity index (χ3n) is 3.14. The molecule has 2 rings (SSSR count). The van der Waals surface area contributed by atoms with Gasteiger partial charge in [0, 0.05) is 0 Å². The second-order valence-electron chi connectivity index (χ2n) is 5.05. The molecule has 0 aromatic heterocycles. The van der Waals surface area contributed by atoms with Crippen molar-refractivity contribution in [3.8, 4) is 5.75 Å². The summed E-state index contributed by atoms with van der Waals surface area (Å²) in [7, 11) is 1.30. The maximum atomic E-state index is 12.1. The van der Waals surface area contributed by atoms with E-state index in [9.17, 15) is 9.59 Å². The number of esters is 1. The summed E-state index contributed by atoms with van der Waals surface area (Å²) < 4.78 is 15.5. The van der Waals surface area contributed by atoms with Gasteiger partial charge in [0.05, 0.1) is 38.0 Å². The highest BCUT2D eigenvalue weighted by atomic mass is 16.6. The molecule has 2 atom stereocenters. The number of carbonyl (C=O) groups excluding carboxylic acids is 2. The van der Waals surface area contributed by atoms with Gasteiger partial charge in [0.15, 0.2) is 0 Å². The van der Waals surface area contributed by atoms with Gasteiger partial charge in [-0.25, -0.2) is 9.59 Å². The highest BCUT2D eigenvalue weighted by molar-refractivity contribution is 5.89. The van der Waals surface area contributed by atoms with Crippen molar-refractivity contribution in [3.05, 3.63) is 29.8 Å². The lowest BCUT2D eigenvalue weighted by atomic mass is 10.2. The molecule has 2 unspecified atom stereocenters. The normalized spacial score (nSPS) is 21.8. The predicted molar refractivity (Wildman–Crippen MR) is 75.4 cm³/mol. The molecule has 1 fully saturated rings. The van der Waals surface area contributed by atoms with E-state index in [2.05, 4.69) is 4.74 Å². The fraction of sp³-hybridized carbons (Fsp3) is 0.467. The number of hydrogen-bond donors (Lipinski definition) is 0. The van der Waals surface area contributed by atoms with Crippen LogP contribution in [0.2, 0.25) is 0 Å². The third-order valence-corrected chi connectivity index (χ3v) is 3.14. The number of benzene rings is 1. The van der Waals surface area contributed by atoms with Gasteiger partial charge in [-0.15, -0.1) is 0 Å². The van der Waals surface area contributed by atoms with E-state index in [1.54, 1.807) is 23.1 Å². The summed E-state index contributed by atoms with van der Waals surface area (Å²) in [5.74, 6) is -0.156. The minimum Gasteiger partial charge on any atom is -0.465 e. The number of amides is 1. The first-order chi connectivity index (χ1) is 9.99. The Morgan fingerprint density at radius 3 is 2.52 bits per heavy atom. The Morgan fingerprint density at radius 1 is 1.24 bits per heavy atom. The molecule has 1 aromatic rings. The van der Waals surface area contributed by atoms with Crippen molar-refractivity contribution >= 4 is 12.1 Å². The van der Waals surface area contributed by atoms with E-state index in [0.717, 1.165) is 0 Å². The highest BCUT2D eigenvalue weighted by Crippen LogP contribution is 2.17. The van der Waals surface area contributed by atoms with Crippen LogP contribution >= 0.6 is 0 Å². The molecule has 0 aliphatic carbocycles. The van der Waals surface area contributed by atoms with E-state index in [1.165, 1.54) is 13.2 Å². The summed E-state index contributed by atoms with van der Waals surface area (Å²) in [6, 6.07) is 6.34. The van der Waals surface area contributed by atoms with Crippen LogP contribution in [0.3, 0.4) is 0 Å². The average molecular weight is 293 g/mol. The highest BCUT2D eigenvalue weighted by Gasteiger charge is 2.27. The molecular formula is C15H19NO5. The Hall–Kier alpha value is -2.08. The molecule has 0 radical (unpaired) electrons. The van der Waals surface area contributed by atoms with Crippen LogP contribution in [0.25, 0.3) is 0 Å². The number of ether oxygens (including phenoxy) is 3. The van der Waals surface area contributed by atoms with Crippen molar-refractivity contribution in [2.75, 3.05) is 20.2 Å². The fourth-order valence-electron chi connectivity index (χ4n) is 2.30. The van der Waals surface area contributed by atoms with E-state index < -0.39 is 12.1 Å². The molecule has 1 aliphatic heterocycles. The molecule has 21 heavy (non-hydrogen) atoms. The lowest BCUT2D eigenvalue weighted by Crippen LogP contribution is -2.49. The minimum absolute atomic E-state index is 0.0253. The molecule has 0 saturated carbocycles. The van der Waals surface area contributed by atoms with Crippen molar-refractivity contribution in [1.82, 2.24) is 4.90 Å². The SMILES string of the molecule is COC(=O)c1cccc(OC(=O)N2CC(C)OC(C)C2)c1. The number of hydrogen-bond acceptors (Lipinski definition) is 5. The lowest BCUT2D eigenvalue weighted by Gasteiger charge is -2.34. The van der Waals surface area contributed by atoms with Gasteiger partial charge in [0.1, 0.15) is 5.75 Å². The van der Waals surface area contributed by atoms with Crippen molar-refractivity contribution < 1.29 is 23.8 Å². The number of carbonyl (C=O) groups is 2. The van der Waals surface area contributed by atoms with Crippen molar-refractivity contribution in [2.24, 2.45) is 0 Å². The van der Waals surface area contributed by atoms with E-state index in [0.29, 0.717) is 24.4 Å². The van der Waals surface area contributed by atoms with E-state index in [1.807, 2.05) is 13.8 Å². The second kappa shape index (κ2) is 6.58. The summed E-state index contributed by atoms with van der Waals surface area (Å²) >= 11 is 0. The van der Waals surface area contributed by atoms with Crippen molar-refractivity contribution in [2.45, 2.75) is 26.1 Å². The summed E-state index contributed by atoms with van der Waals surface area (Å²) in [6.45, 7) is 4.79.